The Hall–Kier alpha value is -2.46. The Morgan fingerprint density at radius 1 is 1.12 bits per heavy atom. The largest absolute Gasteiger partial charge is 0.441 e. The van der Waals surface area contributed by atoms with Gasteiger partial charge in [-0.15, -0.1) is 0 Å². The van der Waals surface area contributed by atoms with E-state index < -0.39 is 0 Å². The zero-order valence-electron chi connectivity index (χ0n) is 15.2. The molecule has 3 nitrogen and oxygen atoms in total. The van der Waals surface area contributed by atoms with E-state index in [9.17, 15) is 4.39 Å². The molecule has 0 aliphatic heterocycles. The maximum atomic E-state index is 14.3. The van der Waals surface area contributed by atoms with Gasteiger partial charge in [0.05, 0.1) is 5.69 Å². The smallest absolute Gasteiger partial charge is 0.226 e. The summed E-state index contributed by atoms with van der Waals surface area (Å²) in [6, 6.07) is 17.5. The van der Waals surface area contributed by atoms with Gasteiger partial charge in [-0.1, -0.05) is 36.4 Å². The van der Waals surface area contributed by atoms with Crippen molar-refractivity contribution < 1.29 is 8.81 Å². The first-order valence-electron chi connectivity index (χ1n) is 9.15. The van der Waals surface area contributed by atoms with Crippen LogP contribution in [0.25, 0.3) is 11.5 Å². The summed E-state index contributed by atoms with van der Waals surface area (Å²) in [5.74, 6) is 1.33. The highest BCUT2D eigenvalue weighted by atomic mass is 19.1. The van der Waals surface area contributed by atoms with Crippen molar-refractivity contribution in [2.45, 2.75) is 45.3 Å². The topological polar surface area (TPSA) is 29.3 Å². The molecule has 0 spiro atoms. The van der Waals surface area contributed by atoms with Crippen LogP contribution in [0, 0.1) is 12.7 Å². The van der Waals surface area contributed by atoms with E-state index in [1.54, 1.807) is 6.07 Å². The van der Waals surface area contributed by atoms with Crippen molar-refractivity contribution in [3.63, 3.8) is 0 Å². The van der Waals surface area contributed by atoms with Crippen molar-refractivity contribution in [3.05, 3.63) is 77.4 Å². The normalized spacial score (nSPS) is 15.4. The summed E-state index contributed by atoms with van der Waals surface area (Å²) >= 11 is 0. The number of aromatic nitrogens is 1. The molecule has 2 aromatic carbocycles. The fourth-order valence-corrected chi connectivity index (χ4v) is 3.43. The van der Waals surface area contributed by atoms with Crippen LogP contribution in [0.3, 0.4) is 0 Å². The Balaban J connectivity index is 1.60. The van der Waals surface area contributed by atoms with Crippen LogP contribution in [-0.4, -0.2) is 15.9 Å². The average molecular weight is 350 g/mol. The lowest BCUT2D eigenvalue weighted by Crippen LogP contribution is -2.29. The van der Waals surface area contributed by atoms with Crippen LogP contribution >= 0.6 is 0 Å². The van der Waals surface area contributed by atoms with E-state index in [-0.39, 0.29) is 11.9 Å². The standard InChI is InChI=1S/C22H23FN2O/c1-15(19-10-6-7-11-20(19)23)25(18-12-13-18)14-21-16(2)26-22(24-21)17-8-4-3-5-9-17/h3-11,15,18H,12-14H2,1-2H3. The van der Waals surface area contributed by atoms with Gasteiger partial charge in [0.1, 0.15) is 11.6 Å². The zero-order valence-corrected chi connectivity index (χ0v) is 15.2. The first-order chi connectivity index (χ1) is 12.6. The highest BCUT2D eigenvalue weighted by Gasteiger charge is 2.34. The quantitative estimate of drug-likeness (QED) is 0.586. The van der Waals surface area contributed by atoms with Crippen LogP contribution < -0.4 is 0 Å². The molecule has 1 aliphatic rings. The van der Waals surface area contributed by atoms with Gasteiger partial charge in [0, 0.05) is 29.8 Å². The molecule has 0 radical (unpaired) electrons. The summed E-state index contributed by atoms with van der Waals surface area (Å²) in [7, 11) is 0. The molecular formula is C22H23FN2O. The van der Waals surface area contributed by atoms with E-state index in [2.05, 4.69) is 11.8 Å². The van der Waals surface area contributed by atoms with E-state index in [0.717, 1.165) is 35.4 Å². The van der Waals surface area contributed by atoms with E-state index in [1.165, 1.54) is 6.07 Å². The van der Waals surface area contributed by atoms with Crippen LogP contribution in [0.4, 0.5) is 4.39 Å². The van der Waals surface area contributed by atoms with E-state index >= 15 is 0 Å². The minimum Gasteiger partial charge on any atom is -0.441 e. The molecule has 1 fully saturated rings. The van der Waals surface area contributed by atoms with E-state index in [1.807, 2.05) is 49.4 Å². The molecule has 0 N–H and O–H groups in total. The van der Waals surface area contributed by atoms with Gasteiger partial charge in [-0.05, 0) is 44.9 Å². The van der Waals surface area contributed by atoms with E-state index in [0.29, 0.717) is 18.5 Å². The monoisotopic (exact) mass is 350 g/mol. The summed E-state index contributed by atoms with van der Waals surface area (Å²) in [5.41, 5.74) is 2.64. The third kappa shape index (κ3) is 3.42. The number of oxazole rings is 1. The maximum absolute atomic E-state index is 14.3. The molecule has 1 heterocycles. The minimum absolute atomic E-state index is 0.0000229. The summed E-state index contributed by atoms with van der Waals surface area (Å²) < 4.78 is 20.2. The number of halogens is 1. The van der Waals surface area contributed by atoms with Crippen molar-refractivity contribution in [1.29, 1.82) is 0 Å². The molecule has 134 valence electrons. The van der Waals surface area contributed by atoms with Crippen molar-refractivity contribution in [2.24, 2.45) is 0 Å². The van der Waals surface area contributed by atoms with Gasteiger partial charge in [0.2, 0.25) is 5.89 Å². The number of rotatable bonds is 6. The lowest BCUT2D eigenvalue weighted by molar-refractivity contribution is 0.184. The predicted octanol–water partition coefficient (Wildman–Crippen LogP) is 5.51. The molecule has 0 bridgehead atoms. The summed E-state index contributed by atoms with van der Waals surface area (Å²) in [4.78, 5) is 7.07. The molecule has 0 amide bonds. The van der Waals surface area contributed by atoms with Crippen LogP contribution in [0.2, 0.25) is 0 Å². The van der Waals surface area contributed by atoms with Crippen LogP contribution in [0.1, 0.15) is 42.8 Å². The average Bonchev–Trinajstić information content (AvgIpc) is 3.43. The van der Waals surface area contributed by atoms with Crippen molar-refractivity contribution >= 4 is 0 Å². The number of hydrogen-bond acceptors (Lipinski definition) is 3. The lowest BCUT2D eigenvalue weighted by atomic mass is 10.1. The Morgan fingerprint density at radius 2 is 1.81 bits per heavy atom. The molecule has 1 saturated carbocycles. The molecular weight excluding hydrogens is 327 g/mol. The SMILES string of the molecule is Cc1oc(-c2ccccc2)nc1CN(C1CC1)C(C)c1ccccc1F. The molecule has 3 aromatic rings. The van der Waals surface area contributed by atoms with Gasteiger partial charge in [0.25, 0.3) is 0 Å². The first kappa shape index (κ1) is 17.0. The third-order valence-electron chi connectivity index (χ3n) is 5.11. The van der Waals surface area contributed by atoms with Gasteiger partial charge in [-0.2, -0.15) is 0 Å². The Bertz CT molecular complexity index is 886. The highest BCUT2D eigenvalue weighted by Crippen LogP contribution is 2.37. The fourth-order valence-electron chi connectivity index (χ4n) is 3.43. The van der Waals surface area contributed by atoms with Gasteiger partial charge >= 0.3 is 0 Å². The molecule has 1 atom stereocenters. The van der Waals surface area contributed by atoms with E-state index in [4.69, 9.17) is 9.40 Å². The second-order valence-electron chi connectivity index (χ2n) is 6.99. The minimum atomic E-state index is -0.146. The fraction of sp³-hybridized carbons (Fsp3) is 0.318. The molecule has 1 unspecified atom stereocenters. The first-order valence-corrected chi connectivity index (χ1v) is 9.15. The summed E-state index contributed by atoms with van der Waals surface area (Å²) in [6.45, 7) is 4.69. The number of hydrogen-bond donors (Lipinski definition) is 0. The second-order valence-corrected chi connectivity index (χ2v) is 6.99. The van der Waals surface area contributed by atoms with Gasteiger partial charge in [0.15, 0.2) is 0 Å². The van der Waals surface area contributed by atoms with Gasteiger partial charge in [-0.25, -0.2) is 9.37 Å². The number of aryl methyl sites for hydroxylation is 1. The van der Waals surface area contributed by atoms with Crippen LogP contribution in [0.5, 0.6) is 0 Å². The molecule has 0 saturated heterocycles. The predicted molar refractivity (Wildman–Crippen MR) is 100 cm³/mol. The van der Waals surface area contributed by atoms with Gasteiger partial charge in [-0.3, -0.25) is 4.90 Å². The Morgan fingerprint density at radius 3 is 2.50 bits per heavy atom. The van der Waals surface area contributed by atoms with Crippen molar-refractivity contribution in [2.75, 3.05) is 0 Å². The summed E-state index contributed by atoms with van der Waals surface area (Å²) in [6.07, 6.45) is 2.31. The number of benzene rings is 2. The van der Waals surface area contributed by atoms with Crippen LogP contribution in [-0.2, 0) is 6.54 Å². The molecule has 1 aliphatic carbocycles. The Labute approximate surface area is 153 Å². The van der Waals surface area contributed by atoms with Gasteiger partial charge < -0.3 is 4.42 Å². The molecule has 4 heteroatoms. The van der Waals surface area contributed by atoms with Crippen molar-refractivity contribution in [1.82, 2.24) is 9.88 Å². The van der Waals surface area contributed by atoms with Crippen LogP contribution in [0.15, 0.2) is 59.0 Å². The molecule has 1 aromatic heterocycles. The lowest BCUT2D eigenvalue weighted by Gasteiger charge is -2.29. The highest BCUT2D eigenvalue weighted by molar-refractivity contribution is 5.53. The summed E-state index contributed by atoms with van der Waals surface area (Å²) in [5, 5.41) is 0. The molecule has 4 rings (SSSR count). The second kappa shape index (κ2) is 7.04. The number of nitrogens with zero attached hydrogens (tertiary/aromatic N) is 2. The third-order valence-corrected chi connectivity index (χ3v) is 5.11. The Kier molecular flexibility index (Phi) is 4.60. The molecule has 26 heavy (non-hydrogen) atoms. The van der Waals surface area contributed by atoms with Crippen molar-refractivity contribution in [3.8, 4) is 11.5 Å². The zero-order chi connectivity index (χ0) is 18.1. The maximum Gasteiger partial charge on any atom is 0.226 e.